The number of nitrogens with two attached hydrogens (primary N) is 1. The van der Waals surface area contributed by atoms with E-state index in [9.17, 15) is 9.59 Å². The number of nitrogens with one attached hydrogen (secondary N) is 3. The molecule has 1 saturated carbocycles. The summed E-state index contributed by atoms with van der Waals surface area (Å²) in [4.78, 5) is 24.2. The van der Waals surface area contributed by atoms with E-state index >= 15 is 0 Å². The summed E-state index contributed by atoms with van der Waals surface area (Å²) in [6, 6.07) is 8.19. The maximum Gasteiger partial charge on any atom is 0.274 e. The third kappa shape index (κ3) is 4.42. The van der Waals surface area contributed by atoms with E-state index in [1.807, 2.05) is 26.0 Å². The average molecular weight is 370 g/mol. The number of carbonyl (C=O) groups is 2. The zero-order valence-corrected chi connectivity index (χ0v) is 15.7. The van der Waals surface area contributed by atoms with Gasteiger partial charge in [0.25, 0.3) is 11.8 Å². The fourth-order valence-corrected chi connectivity index (χ4v) is 3.51. The molecular weight excluding hydrogens is 344 g/mol. The van der Waals surface area contributed by atoms with E-state index in [1.54, 1.807) is 0 Å². The van der Waals surface area contributed by atoms with Gasteiger partial charge in [-0.25, -0.2) is 0 Å². The highest BCUT2D eigenvalue weighted by Gasteiger charge is 2.30. The zero-order valence-electron chi connectivity index (χ0n) is 15.7. The lowest BCUT2D eigenvalue weighted by molar-refractivity contribution is -0.121. The molecule has 1 aliphatic heterocycles. The van der Waals surface area contributed by atoms with Crippen molar-refractivity contribution in [3.8, 4) is 5.75 Å². The molecular formula is C20H26N4O3. The molecule has 0 saturated heterocycles. The minimum Gasteiger partial charge on any atom is -0.491 e. The van der Waals surface area contributed by atoms with Crippen LogP contribution in [0.3, 0.4) is 0 Å². The van der Waals surface area contributed by atoms with Crippen molar-refractivity contribution in [3.63, 3.8) is 0 Å². The van der Waals surface area contributed by atoms with Gasteiger partial charge in [-0.1, -0.05) is 18.7 Å². The van der Waals surface area contributed by atoms with Crippen molar-refractivity contribution < 1.29 is 14.3 Å². The molecule has 0 aromatic heterocycles. The van der Waals surface area contributed by atoms with Gasteiger partial charge in [0.05, 0.1) is 6.10 Å². The minimum absolute atomic E-state index is 0.0365. The molecule has 1 aliphatic carbocycles. The van der Waals surface area contributed by atoms with Gasteiger partial charge >= 0.3 is 0 Å². The summed E-state index contributed by atoms with van der Waals surface area (Å²) in [5.74, 6) is 0.590. The second-order valence-corrected chi connectivity index (χ2v) is 7.26. The van der Waals surface area contributed by atoms with Crippen molar-refractivity contribution in [2.75, 3.05) is 0 Å². The zero-order chi connectivity index (χ0) is 19.6. The van der Waals surface area contributed by atoms with Gasteiger partial charge in [-0.15, -0.1) is 0 Å². The summed E-state index contributed by atoms with van der Waals surface area (Å²) < 4.78 is 5.68. The number of rotatable bonds is 5. The minimum atomic E-state index is -0.517. The monoisotopic (exact) mass is 370 g/mol. The fraction of sp³-hybridized carbons (Fsp3) is 0.400. The first-order chi connectivity index (χ1) is 12.8. The van der Waals surface area contributed by atoms with Crippen LogP contribution in [0.1, 0.15) is 44.6 Å². The molecule has 2 amide bonds. The fourth-order valence-electron chi connectivity index (χ4n) is 3.51. The highest BCUT2D eigenvalue weighted by Crippen LogP contribution is 2.35. The van der Waals surface area contributed by atoms with Crippen LogP contribution in [0.5, 0.6) is 5.75 Å². The normalized spacial score (nSPS) is 22.5. The van der Waals surface area contributed by atoms with Crippen LogP contribution in [0.2, 0.25) is 0 Å². The first-order valence-electron chi connectivity index (χ1n) is 9.18. The first-order valence-corrected chi connectivity index (χ1v) is 9.18. The Kier molecular flexibility index (Phi) is 5.39. The molecule has 27 heavy (non-hydrogen) atoms. The van der Waals surface area contributed by atoms with Crippen molar-refractivity contribution in [2.45, 2.75) is 51.2 Å². The molecule has 7 nitrogen and oxygen atoms in total. The smallest absolute Gasteiger partial charge is 0.274 e. The van der Waals surface area contributed by atoms with E-state index < -0.39 is 5.91 Å². The molecule has 1 heterocycles. The summed E-state index contributed by atoms with van der Waals surface area (Å²) in [7, 11) is 0. The van der Waals surface area contributed by atoms with Crippen LogP contribution in [-0.2, 0) is 9.59 Å². The molecule has 0 bridgehead atoms. The summed E-state index contributed by atoms with van der Waals surface area (Å²) in [6.07, 6.45) is 2.86. The Morgan fingerprint density at radius 1 is 1.26 bits per heavy atom. The third-order valence-electron chi connectivity index (χ3n) is 4.77. The standard InChI is InChI=1S/C20H26N4O3/c1-11(2)27-16-8-5-13(6-9-16)14-4-7-15(10-14)24-20(26)18-17(21)19(25)23-12(3)22-18/h5-6,8-9,11,14-15,22H,3-4,7,10,21H2,1-2H3,(H,23,25)(H,24,26). The van der Waals surface area contributed by atoms with Gasteiger partial charge < -0.3 is 26.4 Å². The average Bonchev–Trinajstić information content (AvgIpc) is 3.06. The van der Waals surface area contributed by atoms with Crippen LogP contribution in [0.4, 0.5) is 0 Å². The van der Waals surface area contributed by atoms with E-state index in [1.165, 1.54) is 5.56 Å². The van der Waals surface area contributed by atoms with Crippen molar-refractivity contribution in [3.05, 3.63) is 53.6 Å². The Labute approximate surface area is 159 Å². The summed E-state index contributed by atoms with van der Waals surface area (Å²) >= 11 is 0. The largest absolute Gasteiger partial charge is 0.491 e. The quantitative estimate of drug-likeness (QED) is 0.630. The van der Waals surface area contributed by atoms with Crippen LogP contribution >= 0.6 is 0 Å². The Morgan fingerprint density at radius 3 is 2.63 bits per heavy atom. The van der Waals surface area contributed by atoms with E-state index in [0.717, 1.165) is 25.0 Å². The van der Waals surface area contributed by atoms with Crippen molar-refractivity contribution >= 4 is 11.8 Å². The van der Waals surface area contributed by atoms with Crippen molar-refractivity contribution in [1.29, 1.82) is 0 Å². The SMILES string of the molecule is C=C1NC(=O)C(N)=C(C(=O)NC2CCC(c3ccc(OC(C)C)cc3)C2)N1. The number of hydrogen-bond acceptors (Lipinski definition) is 5. The summed E-state index contributed by atoms with van der Waals surface area (Å²) in [6.45, 7) is 7.62. The molecule has 7 heteroatoms. The number of benzene rings is 1. The molecule has 1 aromatic carbocycles. The topological polar surface area (TPSA) is 105 Å². The molecule has 2 aliphatic rings. The van der Waals surface area contributed by atoms with Gasteiger partial charge in [0.15, 0.2) is 0 Å². The first kappa shape index (κ1) is 18.8. The van der Waals surface area contributed by atoms with E-state index in [4.69, 9.17) is 10.5 Å². The number of amides is 2. The lowest BCUT2D eigenvalue weighted by atomic mass is 9.97. The Morgan fingerprint density at radius 2 is 1.96 bits per heavy atom. The van der Waals surface area contributed by atoms with Crippen LogP contribution in [0.25, 0.3) is 0 Å². The van der Waals surface area contributed by atoms with Gasteiger partial charge in [0, 0.05) is 6.04 Å². The van der Waals surface area contributed by atoms with Crippen LogP contribution in [-0.4, -0.2) is 24.0 Å². The highest BCUT2D eigenvalue weighted by atomic mass is 16.5. The second-order valence-electron chi connectivity index (χ2n) is 7.26. The van der Waals surface area contributed by atoms with Gasteiger partial charge in [0.2, 0.25) is 0 Å². The van der Waals surface area contributed by atoms with Gasteiger partial charge in [-0.05, 0) is 56.7 Å². The van der Waals surface area contributed by atoms with Gasteiger partial charge in [-0.2, -0.15) is 0 Å². The summed E-state index contributed by atoms with van der Waals surface area (Å²) in [5.41, 5.74) is 6.89. The third-order valence-corrected chi connectivity index (χ3v) is 4.77. The van der Waals surface area contributed by atoms with Crippen LogP contribution < -0.4 is 26.4 Å². The van der Waals surface area contributed by atoms with Crippen molar-refractivity contribution in [1.82, 2.24) is 16.0 Å². The van der Waals surface area contributed by atoms with Gasteiger partial charge in [0.1, 0.15) is 23.0 Å². The molecule has 3 rings (SSSR count). The molecule has 144 valence electrons. The molecule has 1 fully saturated rings. The molecule has 0 spiro atoms. The second kappa shape index (κ2) is 7.73. The van der Waals surface area contributed by atoms with Crippen LogP contribution in [0, 0.1) is 0 Å². The molecule has 2 atom stereocenters. The van der Waals surface area contributed by atoms with E-state index in [2.05, 4.69) is 34.7 Å². The van der Waals surface area contributed by atoms with Crippen molar-refractivity contribution in [2.24, 2.45) is 5.73 Å². The maximum absolute atomic E-state index is 12.5. The predicted molar refractivity (Wildman–Crippen MR) is 102 cm³/mol. The molecule has 5 N–H and O–H groups in total. The van der Waals surface area contributed by atoms with E-state index in [0.29, 0.717) is 5.92 Å². The van der Waals surface area contributed by atoms with Crippen LogP contribution in [0.15, 0.2) is 48.1 Å². The van der Waals surface area contributed by atoms with Gasteiger partial charge in [-0.3, -0.25) is 9.59 Å². The Hall–Kier alpha value is -2.96. The Bertz CT molecular complexity index is 783. The lowest BCUT2D eigenvalue weighted by Gasteiger charge is -2.22. The Balaban J connectivity index is 1.60. The lowest BCUT2D eigenvalue weighted by Crippen LogP contribution is -2.47. The molecule has 1 aromatic rings. The number of hydrogen-bond donors (Lipinski definition) is 4. The number of carbonyl (C=O) groups excluding carboxylic acids is 2. The maximum atomic E-state index is 12.5. The predicted octanol–water partition coefficient (Wildman–Crippen LogP) is 1.59. The highest BCUT2D eigenvalue weighted by molar-refractivity contribution is 6.05. The molecule has 0 radical (unpaired) electrons. The van der Waals surface area contributed by atoms with E-state index in [-0.39, 0.29) is 35.3 Å². The summed E-state index contributed by atoms with van der Waals surface area (Å²) in [5, 5.41) is 8.14. The number of ether oxygens (including phenoxy) is 1. The molecule has 2 unspecified atom stereocenters.